The standard InChI is InChI=1S/C13H14ClF2N3/c1-3-10-13(14)12(19(2)18-10)7-17-11-5-4-8(15)6-9(11)16/h4-6,17H,3,7H2,1-2H3. The van der Waals surface area contributed by atoms with Crippen molar-refractivity contribution < 1.29 is 8.78 Å². The van der Waals surface area contributed by atoms with Gasteiger partial charge in [-0.05, 0) is 18.6 Å². The van der Waals surface area contributed by atoms with E-state index in [1.165, 1.54) is 12.1 Å². The zero-order valence-electron chi connectivity index (χ0n) is 10.7. The van der Waals surface area contributed by atoms with E-state index in [2.05, 4.69) is 10.4 Å². The van der Waals surface area contributed by atoms with Gasteiger partial charge >= 0.3 is 0 Å². The minimum atomic E-state index is -0.631. The second-order valence-electron chi connectivity index (χ2n) is 4.16. The molecule has 0 amide bonds. The predicted octanol–water partition coefficient (Wildman–Crippen LogP) is 3.53. The molecule has 2 aromatic rings. The van der Waals surface area contributed by atoms with E-state index in [0.717, 1.165) is 23.9 Å². The molecule has 0 unspecified atom stereocenters. The Bertz CT molecular complexity index is 596. The molecule has 0 aliphatic heterocycles. The molecule has 0 radical (unpaired) electrons. The lowest BCUT2D eigenvalue weighted by molar-refractivity contribution is 0.584. The Morgan fingerprint density at radius 2 is 2.11 bits per heavy atom. The molecule has 102 valence electrons. The second-order valence-corrected chi connectivity index (χ2v) is 4.54. The van der Waals surface area contributed by atoms with Gasteiger partial charge in [0.2, 0.25) is 0 Å². The summed E-state index contributed by atoms with van der Waals surface area (Å²) in [7, 11) is 1.78. The van der Waals surface area contributed by atoms with Gasteiger partial charge in [-0.15, -0.1) is 0 Å². The Morgan fingerprint density at radius 1 is 1.37 bits per heavy atom. The van der Waals surface area contributed by atoms with Gasteiger partial charge in [0.15, 0.2) is 0 Å². The van der Waals surface area contributed by atoms with E-state index in [0.29, 0.717) is 11.6 Å². The summed E-state index contributed by atoms with van der Waals surface area (Å²) >= 11 is 6.18. The third-order valence-electron chi connectivity index (χ3n) is 2.88. The number of halogens is 3. The van der Waals surface area contributed by atoms with Crippen LogP contribution in [0, 0.1) is 11.6 Å². The first-order valence-corrected chi connectivity index (χ1v) is 6.30. The first-order chi connectivity index (χ1) is 9.02. The average molecular weight is 286 g/mol. The SMILES string of the molecule is CCc1nn(C)c(CNc2ccc(F)cc2F)c1Cl. The number of anilines is 1. The van der Waals surface area contributed by atoms with Crippen LogP contribution in [0.1, 0.15) is 18.3 Å². The average Bonchev–Trinajstić information content (AvgIpc) is 2.64. The lowest BCUT2D eigenvalue weighted by Crippen LogP contribution is -2.07. The van der Waals surface area contributed by atoms with Gasteiger partial charge in [-0.2, -0.15) is 5.10 Å². The van der Waals surface area contributed by atoms with Crippen molar-refractivity contribution in [2.45, 2.75) is 19.9 Å². The summed E-state index contributed by atoms with van der Waals surface area (Å²) in [6.07, 6.45) is 0.734. The molecule has 0 atom stereocenters. The number of nitrogens with one attached hydrogen (secondary N) is 1. The van der Waals surface area contributed by atoms with E-state index in [4.69, 9.17) is 11.6 Å². The van der Waals surface area contributed by atoms with Crippen LogP contribution in [0.5, 0.6) is 0 Å². The van der Waals surface area contributed by atoms with Crippen LogP contribution in [0.15, 0.2) is 18.2 Å². The van der Waals surface area contributed by atoms with E-state index < -0.39 is 11.6 Å². The lowest BCUT2D eigenvalue weighted by Gasteiger charge is -2.08. The van der Waals surface area contributed by atoms with Crippen LogP contribution < -0.4 is 5.32 Å². The maximum atomic E-state index is 13.5. The van der Waals surface area contributed by atoms with E-state index in [1.54, 1.807) is 11.7 Å². The molecule has 1 aromatic heterocycles. The molecular weight excluding hydrogens is 272 g/mol. The number of aryl methyl sites for hydroxylation is 2. The number of benzene rings is 1. The summed E-state index contributed by atoms with van der Waals surface area (Å²) in [5.41, 5.74) is 1.81. The van der Waals surface area contributed by atoms with Crippen molar-refractivity contribution in [1.29, 1.82) is 0 Å². The number of rotatable bonds is 4. The molecular formula is C13H14ClF2N3. The Labute approximate surface area is 115 Å². The largest absolute Gasteiger partial charge is 0.377 e. The van der Waals surface area contributed by atoms with Crippen LogP contribution in [0.25, 0.3) is 0 Å². The molecule has 0 aliphatic carbocycles. The monoisotopic (exact) mass is 285 g/mol. The molecule has 6 heteroatoms. The van der Waals surface area contributed by atoms with Crippen LogP contribution >= 0.6 is 11.6 Å². The van der Waals surface area contributed by atoms with Gasteiger partial charge in [0.1, 0.15) is 11.6 Å². The molecule has 0 saturated carbocycles. The quantitative estimate of drug-likeness (QED) is 0.931. The van der Waals surface area contributed by atoms with Crippen molar-refractivity contribution in [2.75, 3.05) is 5.32 Å². The van der Waals surface area contributed by atoms with Crippen LogP contribution in [-0.2, 0) is 20.0 Å². The van der Waals surface area contributed by atoms with Gasteiger partial charge in [0, 0.05) is 13.1 Å². The normalized spacial score (nSPS) is 10.8. The summed E-state index contributed by atoms with van der Waals surface area (Å²) < 4.78 is 27.9. The molecule has 3 nitrogen and oxygen atoms in total. The summed E-state index contributed by atoms with van der Waals surface area (Å²) in [6.45, 7) is 2.29. The van der Waals surface area contributed by atoms with Crippen LogP contribution in [-0.4, -0.2) is 9.78 Å². The van der Waals surface area contributed by atoms with Gasteiger partial charge in [-0.25, -0.2) is 8.78 Å². The highest BCUT2D eigenvalue weighted by Crippen LogP contribution is 2.22. The van der Waals surface area contributed by atoms with E-state index in [9.17, 15) is 8.78 Å². The lowest BCUT2D eigenvalue weighted by atomic mass is 10.2. The molecule has 2 rings (SSSR count). The number of nitrogens with zero attached hydrogens (tertiary/aromatic N) is 2. The smallest absolute Gasteiger partial charge is 0.149 e. The van der Waals surface area contributed by atoms with E-state index in [1.807, 2.05) is 6.92 Å². The molecule has 1 aromatic carbocycles. The minimum absolute atomic E-state index is 0.233. The van der Waals surface area contributed by atoms with Crippen molar-refractivity contribution in [1.82, 2.24) is 9.78 Å². The number of hydrogen-bond donors (Lipinski definition) is 1. The minimum Gasteiger partial charge on any atom is -0.377 e. The molecule has 1 N–H and O–H groups in total. The first-order valence-electron chi connectivity index (χ1n) is 5.92. The topological polar surface area (TPSA) is 29.9 Å². The van der Waals surface area contributed by atoms with Gasteiger partial charge in [0.05, 0.1) is 28.6 Å². The zero-order valence-corrected chi connectivity index (χ0v) is 11.4. The summed E-state index contributed by atoms with van der Waals surface area (Å²) in [6, 6.07) is 3.40. The van der Waals surface area contributed by atoms with E-state index in [-0.39, 0.29) is 5.69 Å². The Kier molecular flexibility index (Phi) is 4.04. The van der Waals surface area contributed by atoms with Gasteiger partial charge < -0.3 is 5.32 Å². The fourth-order valence-corrected chi connectivity index (χ4v) is 2.18. The summed E-state index contributed by atoms with van der Waals surface area (Å²) in [5, 5.41) is 7.74. The fourth-order valence-electron chi connectivity index (χ4n) is 1.82. The Morgan fingerprint density at radius 3 is 2.68 bits per heavy atom. The molecule has 19 heavy (non-hydrogen) atoms. The maximum Gasteiger partial charge on any atom is 0.149 e. The Hall–Kier alpha value is -1.62. The summed E-state index contributed by atoms with van der Waals surface area (Å²) in [5.74, 6) is -1.23. The zero-order chi connectivity index (χ0) is 14.0. The Balaban J connectivity index is 2.16. The third-order valence-corrected chi connectivity index (χ3v) is 3.32. The van der Waals surface area contributed by atoms with Crippen molar-refractivity contribution in [3.63, 3.8) is 0 Å². The van der Waals surface area contributed by atoms with Gasteiger partial charge in [-0.1, -0.05) is 18.5 Å². The molecule has 0 spiro atoms. The van der Waals surface area contributed by atoms with Crippen molar-refractivity contribution >= 4 is 17.3 Å². The van der Waals surface area contributed by atoms with Crippen LogP contribution in [0.3, 0.4) is 0 Å². The fraction of sp³-hybridized carbons (Fsp3) is 0.308. The highest BCUT2D eigenvalue weighted by atomic mass is 35.5. The molecule has 0 aliphatic rings. The molecule has 0 saturated heterocycles. The number of hydrogen-bond acceptors (Lipinski definition) is 2. The summed E-state index contributed by atoms with van der Waals surface area (Å²) in [4.78, 5) is 0. The van der Waals surface area contributed by atoms with Crippen LogP contribution in [0.4, 0.5) is 14.5 Å². The highest BCUT2D eigenvalue weighted by molar-refractivity contribution is 6.31. The highest BCUT2D eigenvalue weighted by Gasteiger charge is 2.13. The van der Waals surface area contributed by atoms with Crippen LogP contribution in [0.2, 0.25) is 5.02 Å². The molecule has 0 fully saturated rings. The first kappa shape index (κ1) is 13.8. The van der Waals surface area contributed by atoms with Crippen molar-refractivity contribution in [3.8, 4) is 0 Å². The number of aromatic nitrogens is 2. The van der Waals surface area contributed by atoms with Crippen molar-refractivity contribution in [3.05, 3.63) is 46.2 Å². The third kappa shape index (κ3) is 2.87. The van der Waals surface area contributed by atoms with Gasteiger partial charge in [0.25, 0.3) is 0 Å². The molecule has 1 heterocycles. The van der Waals surface area contributed by atoms with Gasteiger partial charge in [-0.3, -0.25) is 4.68 Å². The second kappa shape index (κ2) is 5.57. The van der Waals surface area contributed by atoms with E-state index >= 15 is 0 Å². The predicted molar refractivity (Wildman–Crippen MR) is 71.3 cm³/mol. The maximum absolute atomic E-state index is 13.5. The molecule has 0 bridgehead atoms. The van der Waals surface area contributed by atoms with Crippen molar-refractivity contribution in [2.24, 2.45) is 7.05 Å².